The van der Waals surface area contributed by atoms with Crippen molar-refractivity contribution < 1.29 is 13.2 Å². The largest absolute Gasteiger partial charge is 0.355 e. The number of sulfonamides is 1. The lowest BCUT2D eigenvalue weighted by atomic mass is 10.0. The van der Waals surface area contributed by atoms with Crippen LogP contribution in [0.25, 0.3) is 0 Å². The smallest absolute Gasteiger partial charge is 0.252 e. The predicted octanol–water partition coefficient (Wildman–Crippen LogP) is 3.39. The van der Waals surface area contributed by atoms with Crippen molar-refractivity contribution in [3.05, 3.63) is 52.9 Å². The minimum atomic E-state index is -3.42. The molecule has 3 rings (SSSR count). The van der Waals surface area contributed by atoms with Gasteiger partial charge in [0.05, 0.1) is 6.42 Å². The normalized spacial score (nSPS) is 16.8. The van der Waals surface area contributed by atoms with E-state index in [1.54, 1.807) is 16.4 Å². The Morgan fingerprint density at radius 3 is 2.52 bits per heavy atom. The van der Waals surface area contributed by atoms with Gasteiger partial charge in [0.25, 0.3) is 10.0 Å². The second-order valence-electron chi connectivity index (χ2n) is 6.98. The van der Waals surface area contributed by atoms with Gasteiger partial charge in [0, 0.05) is 24.5 Å². The average molecular weight is 407 g/mol. The molecule has 0 aliphatic carbocycles. The third-order valence-corrected chi connectivity index (χ3v) is 8.31. The van der Waals surface area contributed by atoms with Crippen LogP contribution in [-0.2, 0) is 21.2 Å². The summed E-state index contributed by atoms with van der Waals surface area (Å²) in [5.41, 5.74) is 1.18. The number of carbonyl (C=O) groups excluding carboxylic acids is 1. The Kier molecular flexibility index (Phi) is 6.68. The maximum Gasteiger partial charge on any atom is 0.252 e. The molecule has 2 heterocycles. The highest BCUT2D eigenvalue weighted by atomic mass is 32.2. The maximum atomic E-state index is 12.7. The quantitative estimate of drug-likeness (QED) is 0.766. The van der Waals surface area contributed by atoms with Gasteiger partial charge in [-0.2, -0.15) is 4.31 Å². The lowest BCUT2D eigenvalue weighted by Crippen LogP contribution is -2.35. The van der Waals surface area contributed by atoms with Crippen LogP contribution in [0.15, 0.2) is 46.7 Å². The number of piperidine rings is 1. The summed E-state index contributed by atoms with van der Waals surface area (Å²) in [6, 6.07) is 13.4. The Labute approximate surface area is 165 Å². The van der Waals surface area contributed by atoms with Crippen molar-refractivity contribution in [2.75, 3.05) is 19.6 Å². The number of hydrogen-bond donors (Lipinski definition) is 1. The molecule has 7 heteroatoms. The maximum absolute atomic E-state index is 12.7. The first-order valence-corrected chi connectivity index (χ1v) is 11.6. The van der Waals surface area contributed by atoms with Crippen LogP contribution < -0.4 is 5.32 Å². The SMILES string of the molecule is CC(CNC(=O)Cc1ccc(S(=O)(=O)N2CCCCC2)s1)c1ccccc1. The minimum Gasteiger partial charge on any atom is -0.355 e. The van der Waals surface area contributed by atoms with Crippen LogP contribution in [0.4, 0.5) is 0 Å². The lowest BCUT2D eigenvalue weighted by Gasteiger charge is -2.25. The summed E-state index contributed by atoms with van der Waals surface area (Å²) in [6.07, 6.45) is 3.13. The van der Waals surface area contributed by atoms with Gasteiger partial charge in [-0.15, -0.1) is 11.3 Å². The number of nitrogens with zero attached hydrogens (tertiary/aromatic N) is 1. The fourth-order valence-corrected chi connectivity index (χ4v) is 6.24. The molecule has 0 radical (unpaired) electrons. The predicted molar refractivity (Wildman–Crippen MR) is 108 cm³/mol. The molecule has 5 nitrogen and oxygen atoms in total. The van der Waals surface area contributed by atoms with E-state index >= 15 is 0 Å². The third kappa shape index (κ3) is 5.18. The van der Waals surface area contributed by atoms with Crippen LogP contribution in [0, 0.1) is 0 Å². The molecule has 1 saturated heterocycles. The van der Waals surface area contributed by atoms with Crippen molar-refractivity contribution >= 4 is 27.3 Å². The van der Waals surface area contributed by atoms with Crippen LogP contribution in [0.1, 0.15) is 42.5 Å². The van der Waals surface area contributed by atoms with Gasteiger partial charge in [-0.25, -0.2) is 8.42 Å². The number of amides is 1. The number of benzene rings is 1. The summed E-state index contributed by atoms with van der Waals surface area (Å²) >= 11 is 1.20. The average Bonchev–Trinajstić information content (AvgIpc) is 3.17. The van der Waals surface area contributed by atoms with E-state index in [9.17, 15) is 13.2 Å². The minimum absolute atomic E-state index is 0.0819. The monoisotopic (exact) mass is 406 g/mol. The second-order valence-corrected chi connectivity index (χ2v) is 10.3. The molecule has 1 aromatic heterocycles. The Bertz CT molecular complexity index is 856. The van der Waals surface area contributed by atoms with E-state index in [2.05, 4.69) is 12.2 Å². The molecule has 1 unspecified atom stereocenters. The molecular weight excluding hydrogens is 380 g/mol. The van der Waals surface area contributed by atoms with Crippen LogP contribution >= 0.6 is 11.3 Å². The van der Waals surface area contributed by atoms with Crippen LogP contribution in [0.2, 0.25) is 0 Å². The first kappa shape index (κ1) is 20.0. The summed E-state index contributed by atoms with van der Waals surface area (Å²) in [5, 5.41) is 2.95. The zero-order valence-corrected chi connectivity index (χ0v) is 17.2. The molecule has 1 amide bonds. The Morgan fingerprint density at radius 2 is 1.81 bits per heavy atom. The number of carbonyl (C=O) groups is 1. The molecular formula is C20H26N2O3S2. The number of nitrogens with one attached hydrogen (secondary N) is 1. The van der Waals surface area contributed by atoms with E-state index in [-0.39, 0.29) is 18.2 Å². The molecule has 0 spiro atoms. The molecule has 1 aliphatic rings. The van der Waals surface area contributed by atoms with Gasteiger partial charge in [0.1, 0.15) is 4.21 Å². The highest BCUT2D eigenvalue weighted by Crippen LogP contribution is 2.27. The Morgan fingerprint density at radius 1 is 1.11 bits per heavy atom. The molecule has 1 N–H and O–H groups in total. The fourth-order valence-electron chi connectivity index (χ4n) is 3.21. The highest BCUT2D eigenvalue weighted by Gasteiger charge is 2.27. The van der Waals surface area contributed by atoms with Crippen molar-refractivity contribution in [1.82, 2.24) is 9.62 Å². The van der Waals surface area contributed by atoms with Gasteiger partial charge in [-0.05, 0) is 36.5 Å². The molecule has 1 aliphatic heterocycles. The van der Waals surface area contributed by atoms with E-state index in [4.69, 9.17) is 0 Å². The summed E-state index contributed by atoms with van der Waals surface area (Å²) in [7, 11) is -3.42. The Balaban J connectivity index is 1.55. The summed E-state index contributed by atoms with van der Waals surface area (Å²) in [6.45, 7) is 3.82. The summed E-state index contributed by atoms with van der Waals surface area (Å²) in [5.74, 6) is 0.148. The van der Waals surface area contributed by atoms with E-state index in [1.165, 1.54) is 16.9 Å². The summed E-state index contributed by atoms with van der Waals surface area (Å²) < 4.78 is 27.3. The topological polar surface area (TPSA) is 66.5 Å². The van der Waals surface area contributed by atoms with Gasteiger partial charge in [0.2, 0.25) is 5.91 Å². The van der Waals surface area contributed by atoms with Gasteiger partial charge < -0.3 is 5.32 Å². The standard InChI is InChI=1S/C20H26N2O3S2/c1-16(17-8-4-2-5-9-17)15-21-19(23)14-18-10-11-20(26-18)27(24,25)22-12-6-3-7-13-22/h2,4-5,8-11,16H,3,6-7,12-15H2,1H3,(H,21,23). The first-order chi connectivity index (χ1) is 13.0. The van der Waals surface area contributed by atoms with E-state index in [0.29, 0.717) is 23.8 Å². The molecule has 27 heavy (non-hydrogen) atoms. The first-order valence-electron chi connectivity index (χ1n) is 9.37. The van der Waals surface area contributed by atoms with Crippen molar-refractivity contribution in [2.24, 2.45) is 0 Å². The molecule has 0 bridgehead atoms. The summed E-state index contributed by atoms with van der Waals surface area (Å²) in [4.78, 5) is 13.0. The van der Waals surface area contributed by atoms with E-state index in [1.807, 2.05) is 30.3 Å². The molecule has 146 valence electrons. The number of thiophene rings is 1. The zero-order valence-electron chi connectivity index (χ0n) is 15.6. The zero-order chi connectivity index (χ0) is 19.3. The van der Waals surface area contributed by atoms with Crippen LogP contribution in [0.3, 0.4) is 0 Å². The van der Waals surface area contributed by atoms with Gasteiger partial charge in [-0.3, -0.25) is 4.79 Å². The number of rotatable bonds is 7. The fraction of sp³-hybridized carbons (Fsp3) is 0.450. The van der Waals surface area contributed by atoms with Gasteiger partial charge in [-0.1, -0.05) is 43.7 Å². The molecule has 2 aromatic rings. The second kappa shape index (κ2) is 8.99. The van der Waals surface area contributed by atoms with Crippen molar-refractivity contribution in [3.63, 3.8) is 0 Å². The van der Waals surface area contributed by atoms with Crippen LogP contribution in [-0.4, -0.2) is 38.3 Å². The lowest BCUT2D eigenvalue weighted by molar-refractivity contribution is -0.120. The van der Waals surface area contributed by atoms with Crippen LogP contribution in [0.5, 0.6) is 0 Å². The van der Waals surface area contributed by atoms with Crippen molar-refractivity contribution in [3.8, 4) is 0 Å². The molecule has 1 aromatic carbocycles. The van der Waals surface area contributed by atoms with Gasteiger partial charge in [0.15, 0.2) is 0 Å². The van der Waals surface area contributed by atoms with Crippen molar-refractivity contribution in [1.29, 1.82) is 0 Å². The molecule has 1 atom stereocenters. The van der Waals surface area contributed by atoms with Crippen molar-refractivity contribution in [2.45, 2.75) is 42.7 Å². The molecule has 0 saturated carbocycles. The van der Waals surface area contributed by atoms with Gasteiger partial charge >= 0.3 is 0 Å². The van der Waals surface area contributed by atoms with E-state index < -0.39 is 10.0 Å². The highest BCUT2D eigenvalue weighted by molar-refractivity contribution is 7.91. The Hall–Kier alpha value is -1.70. The third-order valence-electron chi connectivity index (χ3n) is 4.85. The van der Waals surface area contributed by atoms with E-state index in [0.717, 1.165) is 24.1 Å². The molecule has 1 fully saturated rings. The number of hydrogen-bond acceptors (Lipinski definition) is 4.